The zero-order valence-corrected chi connectivity index (χ0v) is 11.5. The van der Waals surface area contributed by atoms with Crippen molar-refractivity contribution in [1.29, 1.82) is 0 Å². The summed E-state index contributed by atoms with van der Waals surface area (Å²) in [5.41, 5.74) is 0. The highest BCUT2D eigenvalue weighted by Gasteiger charge is 2.11. The van der Waals surface area contributed by atoms with Gasteiger partial charge in [-0.2, -0.15) is 0 Å². The Morgan fingerprint density at radius 1 is 1.19 bits per heavy atom. The van der Waals surface area contributed by atoms with Crippen molar-refractivity contribution >= 4 is 29.2 Å². The minimum atomic E-state index is -0.305. The lowest BCUT2D eigenvalue weighted by atomic mass is 10.1. The fraction of sp³-hybridized carbons (Fsp3) is 0.917. The van der Waals surface area contributed by atoms with E-state index >= 15 is 0 Å². The fourth-order valence-corrected chi connectivity index (χ4v) is 1.95. The molecule has 16 heavy (non-hydrogen) atoms. The van der Waals surface area contributed by atoms with Gasteiger partial charge in [-0.25, -0.2) is 0 Å². The second-order valence-electron chi connectivity index (χ2n) is 3.98. The third-order valence-corrected chi connectivity index (χ3v) is 2.96. The van der Waals surface area contributed by atoms with Crippen molar-refractivity contribution in [3.63, 3.8) is 0 Å². The Labute approximate surface area is 109 Å². The zero-order chi connectivity index (χ0) is 12.2. The van der Waals surface area contributed by atoms with Crippen molar-refractivity contribution in [1.82, 2.24) is 0 Å². The molecular formula is C12H22Cl2O2. The molecule has 2 nitrogen and oxygen atoms in total. The van der Waals surface area contributed by atoms with Gasteiger partial charge in [0.2, 0.25) is 0 Å². The van der Waals surface area contributed by atoms with Crippen LogP contribution in [0.15, 0.2) is 0 Å². The average molecular weight is 269 g/mol. The number of esters is 1. The molecule has 0 aromatic heterocycles. The topological polar surface area (TPSA) is 26.3 Å². The molecule has 0 aromatic rings. The largest absolute Gasteiger partial charge is 0.449 e. The molecule has 0 fully saturated rings. The Balaban J connectivity index is 3.29. The SMILES string of the molecule is CCCCCCCCC(Cl)CC(=O)OCCl. The predicted octanol–water partition coefficient (Wildman–Crippen LogP) is 4.47. The van der Waals surface area contributed by atoms with Crippen LogP contribution in [0.4, 0.5) is 0 Å². The van der Waals surface area contributed by atoms with Crippen LogP contribution in [0.1, 0.15) is 58.3 Å². The molecule has 0 aromatic carbocycles. The lowest BCUT2D eigenvalue weighted by Gasteiger charge is -2.08. The van der Waals surface area contributed by atoms with Crippen LogP contribution >= 0.6 is 23.2 Å². The van der Waals surface area contributed by atoms with Crippen LogP contribution in [0.3, 0.4) is 0 Å². The van der Waals surface area contributed by atoms with E-state index in [-0.39, 0.29) is 23.8 Å². The lowest BCUT2D eigenvalue weighted by Crippen LogP contribution is -2.10. The molecule has 0 radical (unpaired) electrons. The Bertz CT molecular complexity index is 174. The summed E-state index contributed by atoms with van der Waals surface area (Å²) in [6.07, 6.45) is 8.59. The second kappa shape index (κ2) is 11.5. The first-order valence-corrected chi connectivity index (χ1v) is 7.03. The summed E-state index contributed by atoms with van der Waals surface area (Å²) < 4.78 is 4.61. The van der Waals surface area contributed by atoms with Crippen molar-refractivity contribution < 1.29 is 9.53 Å². The summed E-state index contributed by atoms with van der Waals surface area (Å²) in [4.78, 5) is 11.0. The van der Waals surface area contributed by atoms with E-state index in [0.717, 1.165) is 12.8 Å². The molecule has 1 unspecified atom stereocenters. The van der Waals surface area contributed by atoms with E-state index in [4.69, 9.17) is 23.2 Å². The molecule has 0 aliphatic carbocycles. The number of hydrogen-bond donors (Lipinski definition) is 0. The van der Waals surface area contributed by atoms with E-state index in [1.54, 1.807) is 0 Å². The maximum absolute atomic E-state index is 11.0. The van der Waals surface area contributed by atoms with Gasteiger partial charge in [0.1, 0.15) is 0 Å². The Hall–Kier alpha value is 0.0500. The first-order chi connectivity index (χ1) is 7.70. The zero-order valence-electron chi connectivity index (χ0n) is 10.0. The molecule has 0 amide bonds. The van der Waals surface area contributed by atoms with Crippen molar-refractivity contribution in [2.24, 2.45) is 0 Å². The second-order valence-corrected chi connectivity index (χ2v) is 4.82. The van der Waals surface area contributed by atoms with Crippen molar-refractivity contribution in [3.05, 3.63) is 0 Å². The Morgan fingerprint density at radius 2 is 1.81 bits per heavy atom. The van der Waals surface area contributed by atoms with Crippen LogP contribution in [0.2, 0.25) is 0 Å². The third-order valence-electron chi connectivity index (χ3n) is 2.47. The number of rotatable bonds is 10. The number of hydrogen-bond acceptors (Lipinski definition) is 2. The van der Waals surface area contributed by atoms with Gasteiger partial charge in [0.15, 0.2) is 6.07 Å². The van der Waals surface area contributed by atoms with E-state index in [2.05, 4.69) is 11.7 Å². The van der Waals surface area contributed by atoms with Gasteiger partial charge in [-0.05, 0) is 6.42 Å². The highest BCUT2D eigenvalue weighted by atomic mass is 35.5. The number of carbonyl (C=O) groups is 1. The minimum Gasteiger partial charge on any atom is -0.449 e. The summed E-state index contributed by atoms with van der Waals surface area (Å²) in [5.74, 6) is -0.305. The Morgan fingerprint density at radius 3 is 2.44 bits per heavy atom. The normalized spacial score (nSPS) is 12.4. The van der Waals surface area contributed by atoms with Gasteiger partial charge in [0.05, 0.1) is 6.42 Å². The highest BCUT2D eigenvalue weighted by Crippen LogP contribution is 2.14. The molecule has 0 saturated heterocycles. The maximum atomic E-state index is 11.0. The summed E-state index contributed by atoms with van der Waals surface area (Å²) in [6.45, 7) is 2.21. The Kier molecular flexibility index (Phi) is 11.6. The molecule has 96 valence electrons. The number of alkyl halides is 2. The monoisotopic (exact) mass is 268 g/mol. The van der Waals surface area contributed by atoms with E-state index in [1.165, 1.54) is 32.1 Å². The summed E-state index contributed by atoms with van der Waals surface area (Å²) in [5, 5.41) is -0.109. The number of halogens is 2. The van der Waals surface area contributed by atoms with Gasteiger partial charge in [-0.3, -0.25) is 4.79 Å². The van der Waals surface area contributed by atoms with E-state index in [1.807, 2.05) is 0 Å². The molecule has 0 rings (SSSR count). The van der Waals surface area contributed by atoms with Gasteiger partial charge in [0, 0.05) is 5.38 Å². The van der Waals surface area contributed by atoms with Gasteiger partial charge >= 0.3 is 5.97 Å². The number of unbranched alkanes of at least 4 members (excludes halogenated alkanes) is 5. The van der Waals surface area contributed by atoms with Crippen molar-refractivity contribution in [3.8, 4) is 0 Å². The molecule has 0 N–H and O–H groups in total. The van der Waals surface area contributed by atoms with E-state index in [0.29, 0.717) is 0 Å². The van der Waals surface area contributed by atoms with Crippen molar-refractivity contribution in [2.75, 3.05) is 6.07 Å². The lowest BCUT2D eigenvalue weighted by molar-refractivity contribution is -0.141. The third kappa shape index (κ3) is 10.6. The van der Waals surface area contributed by atoms with Gasteiger partial charge in [-0.1, -0.05) is 57.0 Å². The van der Waals surface area contributed by atoms with E-state index in [9.17, 15) is 4.79 Å². The van der Waals surface area contributed by atoms with Gasteiger partial charge < -0.3 is 4.74 Å². The number of ether oxygens (including phenoxy) is 1. The minimum absolute atomic E-state index is 0.0839. The molecule has 0 aliphatic rings. The molecule has 0 heterocycles. The molecular weight excluding hydrogens is 247 g/mol. The highest BCUT2D eigenvalue weighted by molar-refractivity contribution is 6.21. The van der Waals surface area contributed by atoms with Crippen LogP contribution < -0.4 is 0 Å². The molecule has 0 bridgehead atoms. The molecule has 0 saturated carbocycles. The summed E-state index contributed by atoms with van der Waals surface area (Å²) in [7, 11) is 0. The predicted molar refractivity (Wildman–Crippen MR) is 69.1 cm³/mol. The van der Waals surface area contributed by atoms with Crippen LogP contribution in [0.5, 0.6) is 0 Å². The summed E-state index contributed by atoms with van der Waals surface area (Å²) in [6, 6.07) is -0.0839. The van der Waals surface area contributed by atoms with Crippen molar-refractivity contribution in [2.45, 2.75) is 63.7 Å². The average Bonchev–Trinajstić information content (AvgIpc) is 2.23. The van der Waals surface area contributed by atoms with Crippen LogP contribution in [0, 0.1) is 0 Å². The van der Waals surface area contributed by atoms with Crippen LogP contribution in [0.25, 0.3) is 0 Å². The first kappa shape index (κ1) is 16.1. The smallest absolute Gasteiger partial charge is 0.308 e. The molecule has 0 aliphatic heterocycles. The van der Waals surface area contributed by atoms with Gasteiger partial charge in [0.25, 0.3) is 0 Å². The summed E-state index contributed by atoms with van der Waals surface area (Å²) >= 11 is 11.3. The quantitative estimate of drug-likeness (QED) is 0.332. The number of carbonyl (C=O) groups excluding carboxylic acids is 1. The molecule has 1 atom stereocenters. The standard InChI is InChI=1S/C12H22Cl2O2/c1-2-3-4-5-6-7-8-11(14)9-12(15)16-10-13/h11H,2-10H2,1H3. The van der Waals surface area contributed by atoms with Crippen LogP contribution in [-0.2, 0) is 9.53 Å². The first-order valence-electron chi connectivity index (χ1n) is 6.06. The maximum Gasteiger partial charge on any atom is 0.308 e. The molecule has 4 heteroatoms. The fourth-order valence-electron chi connectivity index (χ4n) is 1.55. The van der Waals surface area contributed by atoms with Crippen LogP contribution in [-0.4, -0.2) is 17.4 Å². The van der Waals surface area contributed by atoms with E-state index < -0.39 is 0 Å². The molecule has 0 spiro atoms. The van der Waals surface area contributed by atoms with Gasteiger partial charge in [-0.15, -0.1) is 11.6 Å².